The summed E-state index contributed by atoms with van der Waals surface area (Å²) >= 11 is 5.99. The number of halogens is 1. The highest BCUT2D eigenvalue weighted by molar-refractivity contribution is 7.92. The second-order valence-corrected chi connectivity index (χ2v) is 8.52. The van der Waals surface area contributed by atoms with Crippen LogP contribution < -0.4 is 19.1 Å². The lowest BCUT2D eigenvalue weighted by atomic mass is 10.2. The van der Waals surface area contributed by atoms with Gasteiger partial charge in [0.05, 0.1) is 24.7 Å². The van der Waals surface area contributed by atoms with E-state index in [-0.39, 0.29) is 5.91 Å². The summed E-state index contributed by atoms with van der Waals surface area (Å²) in [6.45, 7) is 1.82. The topological polar surface area (TPSA) is 84.9 Å². The third-order valence-corrected chi connectivity index (χ3v) is 5.50. The molecule has 0 unspecified atom stereocenters. The summed E-state index contributed by atoms with van der Waals surface area (Å²) in [6, 6.07) is 11.4. The molecule has 0 saturated heterocycles. The molecule has 1 amide bonds. The number of hydrogen-bond donors (Lipinski definition) is 1. The van der Waals surface area contributed by atoms with Crippen molar-refractivity contribution >= 4 is 38.9 Å². The summed E-state index contributed by atoms with van der Waals surface area (Å²) in [6.07, 6.45) is 0.806. The van der Waals surface area contributed by atoms with Crippen LogP contribution in [0.4, 0.5) is 11.4 Å². The van der Waals surface area contributed by atoms with Crippen molar-refractivity contribution in [1.29, 1.82) is 0 Å². The second-order valence-electron chi connectivity index (χ2n) is 6.07. The summed E-state index contributed by atoms with van der Waals surface area (Å²) in [5.74, 6) is 0.590. The van der Waals surface area contributed by atoms with Crippen LogP contribution in [0.5, 0.6) is 11.5 Å². The highest BCUT2D eigenvalue weighted by Gasteiger charge is 2.20. The number of hydrogen-bond acceptors (Lipinski definition) is 5. The van der Waals surface area contributed by atoms with Crippen LogP contribution in [-0.4, -0.2) is 40.8 Å². The maximum Gasteiger partial charge on any atom is 0.265 e. The van der Waals surface area contributed by atoms with E-state index in [1.807, 2.05) is 6.92 Å². The van der Waals surface area contributed by atoms with Gasteiger partial charge in [0, 0.05) is 12.1 Å². The number of methoxy groups -OCH3 is 1. The molecule has 0 bridgehead atoms. The van der Waals surface area contributed by atoms with Gasteiger partial charge in [0.25, 0.3) is 5.91 Å². The van der Waals surface area contributed by atoms with E-state index in [1.54, 1.807) is 42.5 Å². The molecule has 7 nitrogen and oxygen atoms in total. The highest BCUT2D eigenvalue weighted by atomic mass is 35.5. The average molecular weight is 427 g/mol. The monoisotopic (exact) mass is 426 g/mol. The summed E-state index contributed by atoms with van der Waals surface area (Å²) in [5.41, 5.74) is 0.947. The van der Waals surface area contributed by atoms with Crippen LogP contribution in [0, 0.1) is 0 Å². The van der Waals surface area contributed by atoms with E-state index in [2.05, 4.69) is 5.32 Å². The van der Waals surface area contributed by atoms with Gasteiger partial charge in [-0.25, -0.2) is 8.42 Å². The lowest BCUT2D eigenvalue weighted by Gasteiger charge is -2.20. The Morgan fingerprint density at radius 1 is 1.21 bits per heavy atom. The van der Waals surface area contributed by atoms with Gasteiger partial charge in [-0.3, -0.25) is 9.10 Å². The molecule has 0 radical (unpaired) electrons. The fourth-order valence-electron chi connectivity index (χ4n) is 2.40. The molecule has 2 aromatic carbocycles. The fraction of sp³-hybridized carbons (Fsp3) is 0.316. The minimum Gasteiger partial charge on any atom is -0.495 e. The van der Waals surface area contributed by atoms with E-state index in [0.717, 1.165) is 10.6 Å². The molecule has 152 valence electrons. The molecular weight excluding hydrogens is 404 g/mol. The largest absolute Gasteiger partial charge is 0.495 e. The third-order valence-electron chi connectivity index (χ3n) is 4.06. The minimum atomic E-state index is -3.35. The van der Waals surface area contributed by atoms with Crippen LogP contribution >= 0.6 is 11.6 Å². The van der Waals surface area contributed by atoms with Gasteiger partial charge in [-0.05, 0) is 48.9 Å². The second kappa shape index (κ2) is 9.16. The number of carbonyl (C=O) groups excluding carboxylic acids is 1. The van der Waals surface area contributed by atoms with Gasteiger partial charge in [0.15, 0.2) is 6.10 Å². The Labute approximate surface area is 170 Å². The zero-order valence-electron chi connectivity index (χ0n) is 16.1. The lowest BCUT2D eigenvalue weighted by molar-refractivity contribution is -0.122. The number of carbonyl (C=O) groups is 1. The molecule has 0 fully saturated rings. The Kier molecular flexibility index (Phi) is 7.15. The van der Waals surface area contributed by atoms with E-state index < -0.39 is 16.1 Å². The van der Waals surface area contributed by atoms with Crippen LogP contribution in [-0.2, 0) is 14.8 Å². The molecule has 1 atom stereocenters. The molecule has 2 aromatic rings. The Bertz CT molecular complexity index is 932. The number of anilines is 2. The molecular formula is C19H23ClN2O5S. The van der Waals surface area contributed by atoms with E-state index >= 15 is 0 Å². The van der Waals surface area contributed by atoms with Gasteiger partial charge in [-0.2, -0.15) is 0 Å². The molecule has 2 rings (SSSR count). The predicted molar refractivity (Wildman–Crippen MR) is 111 cm³/mol. The fourth-order valence-corrected chi connectivity index (χ4v) is 3.08. The first-order chi connectivity index (χ1) is 13.2. The number of nitrogens with one attached hydrogen (secondary N) is 1. The lowest BCUT2D eigenvalue weighted by Crippen LogP contribution is -2.32. The third kappa shape index (κ3) is 5.53. The van der Waals surface area contributed by atoms with Crippen LogP contribution in [0.1, 0.15) is 13.3 Å². The molecule has 1 N–H and O–H groups in total. The number of ether oxygens (including phenoxy) is 2. The van der Waals surface area contributed by atoms with Gasteiger partial charge >= 0.3 is 0 Å². The quantitative estimate of drug-likeness (QED) is 0.697. The molecule has 9 heteroatoms. The van der Waals surface area contributed by atoms with Crippen LogP contribution in [0.15, 0.2) is 42.5 Å². The highest BCUT2D eigenvalue weighted by Crippen LogP contribution is 2.28. The van der Waals surface area contributed by atoms with Gasteiger partial charge in [0.2, 0.25) is 10.0 Å². The number of nitrogens with zero attached hydrogens (tertiary/aromatic N) is 1. The standard InChI is InChI=1S/C19H23ClN2O5S/c1-5-17(19(23)21-16-12-13(20)6-11-18(16)26-3)27-15-9-7-14(8-10-15)22(2)28(4,24)25/h6-12,17H,5H2,1-4H3,(H,21,23)/t17-/m1/s1. The van der Waals surface area contributed by atoms with Gasteiger partial charge < -0.3 is 14.8 Å². The first-order valence-corrected chi connectivity index (χ1v) is 10.7. The number of benzene rings is 2. The maximum absolute atomic E-state index is 12.6. The summed E-state index contributed by atoms with van der Waals surface area (Å²) in [7, 11) is -0.383. The Morgan fingerprint density at radius 3 is 2.39 bits per heavy atom. The minimum absolute atomic E-state index is 0.347. The van der Waals surface area contributed by atoms with Gasteiger partial charge in [0.1, 0.15) is 11.5 Å². The molecule has 0 aliphatic carbocycles. The Balaban J connectivity index is 2.11. The zero-order chi connectivity index (χ0) is 20.9. The summed E-state index contributed by atoms with van der Waals surface area (Å²) in [4.78, 5) is 12.6. The van der Waals surface area contributed by atoms with Gasteiger partial charge in [-0.15, -0.1) is 0 Å². The first kappa shape index (κ1) is 21.8. The van der Waals surface area contributed by atoms with Crippen molar-refractivity contribution in [3.63, 3.8) is 0 Å². The normalized spacial score (nSPS) is 12.2. The molecule has 0 aromatic heterocycles. The van der Waals surface area contributed by atoms with E-state index in [1.165, 1.54) is 14.2 Å². The van der Waals surface area contributed by atoms with Crippen molar-refractivity contribution in [3.8, 4) is 11.5 Å². The van der Waals surface area contributed by atoms with E-state index in [0.29, 0.717) is 34.3 Å². The molecule has 0 aliphatic rings. The van der Waals surface area contributed by atoms with Crippen molar-refractivity contribution in [1.82, 2.24) is 0 Å². The van der Waals surface area contributed by atoms with Crippen molar-refractivity contribution in [2.45, 2.75) is 19.4 Å². The van der Waals surface area contributed by atoms with Crippen LogP contribution in [0.2, 0.25) is 5.02 Å². The molecule has 28 heavy (non-hydrogen) atoms. The van der Waals surface area contributed by atoms with E-state index in [4.69, 9.17) is 21.1 Å². The molecule has 0 heterocycles. The van der Waals surface area contributed by atoms with Crippen molar-refractivity contribution in [2.75, 3.05) is 30.0 Å². The average Bonchev–Trinajstić information content (AvgIpc) is 2.65. The van der Waals surface area contributed by atoms with Crippen molar-refractivity contribution in [3.05, 3.63) is 47.5 Å². The Hall–Kier alpha value is -2.45. The SMILES string of the molecule is CC[C@@H](Oc1ccc(N(C)S(C)(=O)=O)cc1)C(=O)Nc1cc(Cl)ccc1OC. The molecule has 0 saturated carbocycles. The molecule has 0 aliphatic heterocycles. The number of amides is 1. The number of rotatable bonds is 8. The van der Waals surface area contributed by atoms with Crippen molar-refractivity contribution in [2.24, 2.45) is 0 Å². The first-order valence-electron chi connectivity index (χ1n) is 8.50. The van der Waals surface area contributed by atoms with E-state index in [9.17, 15) is 13.2 Å². The summed E-state index contributed by atoms with van der Waals surface area (Å²) in [5, 5.41) is 3.23. The zero-order valence-corrected chi connectivity index (χ0v) is 17.7. The van der Waals surface area contributed by atoms with Crippen LogP contribution in [0.3, 0.4) is 0 Å². The maximum atomic E-state index is 12.6. The van der Waals surface area contributed by atoms with Crippen LogP contribution in [0.25, 0.3) is 0 Å². The van der Waals surface area contributed by atoms with Gasteiger partial charge in [-0.1, -0.05) is 18.5 Å². The smallest absolute Gasteiger partial charge is 0.265 e. The summed E-state index contributed by atoms with van der Waals surface area (Å²) < 4.78 is 35.4. The Morgan fingerprint density at radius 2 is 1.86 bits per heavy atom. The van der Waals surface area contributed by atoms with Crippen molar-refractivity contribution < 1.29 is 22.7 Å². The predicted octanol–water partition coefficient (Wildman–Crippen LogP) is 3.54. The number of sulfonamides is 1. The molecule has 0 spiro atoms.